The van der Waals surface area contributed by atoms with E-state index in [-0.39, 0.29) is 25.3 Å². The van der Waals surface area contributed by atoms with E-state index in [1.165, 1.54) is 0 Å². The first-order chi connectivity index (χ1) is 15.1. The Bertz CT molecular complexity index is 1250. The molecule has 3 rings (SSSR count). The summed E-state index contributed by atoms with van der Waals surface area (Å²) < 4.78 is 10.9. The molecule has 0 saturated carbocycles. The third kappa shape index (κ3) is 4.82. The quantitative estimate of drug-likeness (QED) is 0.455. The molecule has 0 spiro atoms. The van der Waals surface area contributed by atoms with E-state index >= 15 is 0 Å². The van der Waals surface area contributed by atoms with Crippen LogP contribution in [0.25, 0.3) is 21.9 Å². The van der Waals surface area contributed by atoms with E-state index in [1.807, 2.05) is 13.0 Å². The van der Waals surface area contributed by atoms with Crippen LogP contribution in [-0.2, 0) is 20.8 Å². The zero-order valence-electron chi connectivity index (χ0n) is 18.4. The number of carboxylic acid groups (broad SMARTS) is 1. The molecule has 0 aliphatic rings. The summed E-state index contributed by atoms with van der Waals surface area (Å²) >= 11 is 0. The zero-order chi connectivity index (χ0) is 23.6. The van der Waals surface area contributed by atoms with Crippen LogP contribution in [0.5, 0.6) is 0 Å². The molecule has 0 fully saturated rings. The second-order valence-corrected chi connectivity index (χ2v) is 8.16. The Labute approximate surface area is 183 Å². The maximum absolute atomic E-state index is 12.5. The molecule has 3 N–H and O–H groups in total. The number of carbonyl (C=O) groups is 3. The maximum atomic E-state index is 12.5. The number of aliphatic carboxylic acids is 1. The summed E-state index contributed by atoms with van der Waals surface area (Å²) in [6.45, 7) is 6.73. The molecule has 32 heavy (non-hydrogen) atoms. The van der Waals surface area contributed by atoms with Gasteiger partial charge in [-0.05, 0) is 43.4 Å². The van der Waals surface area contributed by atoms with Gasteiger partial charge in [0.25, 0.3) is 0 Å². The lowest BCUT2D eigenvalue weighted by Crippen LogP contribution is -2.48. The lowest BCUT2D eigenvalue weighted by atomic mass is 10.0. The molecule has 0 aliphatic heterocycles. The summed E-state index contributed by atoms with van der Waals surface area (Å²) in [5.74, 6) is -2.47. The molecule has 0 aliphatic carbocycles. The largest absolute Gasteiger partial charge is 0.480 e. The van der Waals surface area contributed by atoms with Crippen molar-refractivity contribution in [1.82, 2.24) is 10.6 Å². The minimum absolute atomic E-state index is 0.0239. The monoisotopic (exact) mass is 442 g/mol. The van der Waals surface area contributed by atoms with Crippen molar-refractivity contribution >= 4 is 39.7 Å². The zero-order valence-corrected chi connectivity index (χ0v) is 18.4. The van der Waals surface area contributed by atoms with Crippen LogP contribution < -0.4 is 16.3 Å². The molecular weight excluding hydrogens is 416 g/mol. The van der Waals surface area contributed by atoms with E-state index in [0.29, 0.717) is 16.7 Å². The van der Waals surface area contributed by atoms with Crippen molar-refractivity contribution in [1.29, 1.82) is 0 Å². The van der Waals surface area contributed by atoms with E-state index in [4.69, 9.17) is 13.9 Å². The number of furan rings is 1. The van der Waals surface area contributed by atoms with Gasteiger partial charge < -0.3 is 24.6 Å². The maximum Gasteiger partial charge on any atom is 0.339 e. The number of hydrogen-bond acceptors (Lipinski definition) is 6. The molecule has 0 bridgehead atoms. The van der Waals surface area contributed by atoms with Gasteiger partial charge in [-0.3, -0.25) is 9.59 Å². The standard InChI is InChI=1S/C23H26N2O7/c1-11(2)21(22(28)29)25-20(27)9-24-19(26)6-5-14-13(4)16-7-15-12(3)10-31-17(15)8-18(16)32-23(14)30/h7-8,10-11,21H,5-6,9H2,1-4H3,(H,24,26)(H,25,27)(H,28,29)/t21-/m1/s1. The minimum atomic E-state index is -1.14. The number of fused-ring (bicyclic) bond motifs is 2. The van der Waals surface area contributed by atoms with Crippen molar-refractivity contribution in [2.75, 3.05) is 6.54 Å². The second-order valence-electron chi connectivity index (χ2n) is 8.16. The summed E-state index contributed by atoms with van der Waals surface area (Å²) in [4.78, 5) is 47.8. The molecule has 0 saturated heterocycles. The Morgan fingerprint density at radius 2 is 1.78 bits per heavy atom. The first-order valence-electron chi connectivity index (χ1n) is 10.3. The fourth-order valence-electron chi connectivity index (χ4n) is 3.57. The molecule has 0 radical (unpaired) electrons. The molecule has 170 valence electrons. The number of carbonyl (C=O) groups excluding carboxylic acids is 2. The van der Waals surface area contributed by atoms with E-state index < -0.39 is 29.5 Å². The van der Waals surface area contributed by atoms with E-state index in [9.17, 15) is 19.2 Å². The van der Waals surface area contributed by atoms with Gasteiger partial charge >= 0.3 is 11.6 Å². The fraction of sp³-hybridized carbons (Fsp3) is 0.391. The molecule has 1 atom stereocenters. The molecule has 1 aromatic carbocycles. The van der Waals surface area contributed by atoms with Crippen molar-refractivity contribution in [3.8, 4) is 0 Å². The average molecular weight is 442 g/mol. The van der Waals surface area contributed by atoms with Gasteiger partial charge in [-0.25, -0.2) is 9.59 Å². The van der Waals surface area contributed by atoms with E-state index in [0.717, 1.165) is 21.9 Å². The lowest BCUT2D eigenvalue weighted by Gasteiger charge is -2.18. The highest BCUT2D eigenvalue weighted by Gasteiger charge is 2.23. The van der Waals surface area contributed by atoms with Crippen molar-refractivity contribution in [2.24, 2.45) is 5.92 Å². The Kier molecular flexibility index (Phi) is 6.67. The van der Waals surface area contributed by atoms with Crippen LogP contribution in [0.3, 0.4) is 0 Å². The van der Waals surface area contributed by atoms with E-state index in [2.05, 4.69) is 10.6 Å². The van der Waals surface area contributed by atoms with Gasteiger partial charge in [0.15, 0.2) is 0 Å². The van der Waals surface area contributed by atoms with Gasteiger partial charge in [0.2, 0.25) is 11.8 Å². The van der Waals surface area contributed by atoms with Crippen molar-refractivity contribution in [2.45, 2.75) is 46.6 Å². The molecule has 2 amide bonds. The predicted molar refractivity (Wildman–Crippen MR) is 117 cm³/mol. The highest BCUT2D eigenvalue weighted by molar-refractivity contribution is 5.96. The molecule has 9 heteroatoms. The highest BCUT2D eigenvalue weighted by atomic mass is 16.4. The summed E-state index contributed by atoms with van der Waals surface area (Å²) in [5, 5.41) is 15.6. The highest BCUT2D eigenvalue weighted by Crippen LogP contribution is 2.29. The Balaban J connectivity index is 1.66. The van der Waals surface area contributed by atoms with Gasteiger partial charge in [0.1, 0.15) is 17.2 Å². The topological polar surface area (TPSA) is 139 Å². The Morgan fingerprint density at radius 1 is 1.06 bits per heavy atom. The van der Waals surface area contributed by atoms with E-state index in [1.54, 1.807) is 33.1 Å². The van der Waals surface area contributed by atoms with Crippen LogP contribution in [-0.4, -0.2) is 35.5 Å². The molecule has 3 aromatic rings. The summed E-state index contributed by atoms with van der Waals surface area (Å²) in [6, 6.07) is 2.56. The lowest BCUT2D eigenvalue weighted by molar-refractivity contribution is -0.143. The minimum Gasteiger partial charge on any atom is -0.480 e. The molecule has 9 nitrogen and oxygen atoms in total. The van der Waals surface area contributed by atoms with Crippen molar-refractivity contribution in [3.63, 3.8) is 0 Å². The van der Waals surface area contributed by atoms with Gasteiger partial charge in [0.05, 0.1) is 12.8 Å². The normalized spacial score (nSPS) is 12.3. The molecule has 2 aromatic heterocycles. The predicted octanol–water partition coefficient (Wildman–Crippen LogP) is 2.43. The molecule has 0 unspecified atom stereocenters. The number of rotatable bonds is 8. The van der Waals surface area contributed by atoms with Gasteiger partial charge in [-0.15, -0.1) is 0 Å². The summed E-state index contributed by atoms with van der Waals surface area (Å²) in [7, 11) is 0. The van der Waals surface area contributed by atoms with Crippen molar-refractivity contribution < 1.29 is 28.3 Å². The number of aryl methyl sites for hydroxylation is 2. The van der Waals surface area contributed by atoms with Crippen LogP contribution in [0.2, 0.25) is 0 Å². The van der Waals surface area contributed by atoms with Gasteiger partial charge in [-0.2, -0.15) is 0 Å². The SMILES string of the molecule is Cc1coc2cc3oc(=O)c(CCC(=O)NCC(=O)N[C@@H](C(=O)O)C(C)C)c(C)c3cc12. The van der Waals surface area contributed by atoms with Crippen molar-refractivity contribution in [3.05, 3.63) is 45.5 Å². The van der Waals surface area contributed by atoms with Gasteiger partial charge in [-0.1, -0.05) is 13.8 Å². The van der Waals surface area contributed by atoms with Crippen LogP contribution in [0, 0.1) is 19.8 Å². The third-order valence-electron chi connectivity index (χ3n) is 5.47. The van der Waals surface area contributed by atoms with Crippen LogP contribution >= 0.6 is 0 Å². The first kappa shape index (κ1) is 23.1. The number of hydrogen-bond donors (Lipinski definition) is 3. The molecular formula is C23H26N2O7. The third-order valence-corrected chi connectivity index (χ3v) is 5.47. The number of nitrogens with one attached hydrogen (secondary N) is 2. The Hall–Kier alpha value is -3.62. The number of carboxylic acids is 1. The first-order valence-corrected chi connectivity index (χ1v) is 10.3. The fourth-order valence-corrected chi connectivity index (χ4v) is 3.57. The summed E-state index contributed by atoms with van der Waals surface area (Å²) in [5.41, 5.74) is 2.61. The second kappa shape index (κ2) is 9.25. The summed E-state index contributed by atoms with van der Waals surface area (Å²) in [6.07, 6.45) is 1.76. The smallest absolute Gasteiger partial charge is 0.339 e. The number of amides is 2. The molecule has 2 heterocycles. The van der Waals surface area contributed by atoms with Crippen LogP contribution in [0.1, 0.15) is 37.0 Å². The number of benzene rings is 1. The Morgan fingerprint density at radius 3 is 2.44 bits per heavy atom. The van der Waals surface area contributed by atoms with Gasteiger partial charge in [0, 0.05) is 28.8 Å². The van der Waals surface area contributed by atoms with Crippen LogP contribution in [0.15, 0.2) is 32.0 Å². The average Bonchev–Trinajstić information content (AvgIpc) is 3.08. The van der Waals surface area contributed by atoms with Crippen LogP contribution in [0.4, 0.5) is 0 Å².